The number of halogens is 2. The Balaban J connectivity index is 2.34. The minimum Gasteiger partial charge on any atom is -0.298 e. The van der Waals surface area contributed by atoms with Gasteiger partial charge in [-0.15, -0.1) is 0 Å². The first-order valence-electron chi connectivity index (χ1n) is 5.58. The third-order valence-corrected chi connectivity index (χ3v) is 3.29. The molecule has 94 valence electrons. The van der Waals surface area contributed by atoms with Crippen molar-refractivity contribution in [3.8, 4) is 11.4 Å². The zero-order chi connectivity index (χ0) is 13.4. The van der Waals surface area contributed by atoms with Gasteiger partial charge in [0.1, 0.15) is 17.3 Å². The Kier molecular flexibility index (Phi) is 2.91. The number of imidazole rings is 1. The Morgan fingerprint density at radius 1 is 1.26 bits per heavy atom. The summed E-state index contributed by atoms with van der Waals surface area (Å²) in [5, 5.41) is 0. The van der Waals surface area contributed by atoms with Crippen LogP contribution >= 0.6 is 15.9 Å². The average molecular weight is 319 g/mol. The van der Waals surface area contributed by atoms with Crippen LogP contribution in [0.1, 0.15) is 10.5 Å². The fourth-order valence-electron chi connectivity index (χ4n) is 2.00. The Bertz CT molecular complexity index is 782. The van der Waals surface area contributed by atoms with Gasteiger partial charge in [0.15, 0.2) is 6.29 Å². The van der Waals surface area contributed by atoms with Crippen LogP contribution < -0.4 is 0 Å². The Hall–Kier alpha value is -2.01. The van der Waals surface area contributed by atoms with E-state index in [0.29, 0.717) is 28.9 Å². The molecule has 0 atom stereocenters. The van der Waals surface area contributed by atoms with Crippen molar-refractivity contribution in [3.05, 3.63) is 58.6 Å². The summed E-state index contributed by atoms with van der Waals surface area (Å²) < 4.78 is 15.9. The van der Waals surface area contributed by atoms with E-state index in [1.807, 2.05) is 6.07 Å². The van der Waals surface area contributed by atoms with Crippen molar-refractivity contribution in [1.29, 1.82) is 0 Å². The normalized spacial score (nSPS) is 10.8. The molecule has 19 heavy (non-hydrogen) atoms. The molecule has 0 amide bonds. The number of aromatic nitrogens is 2. The van der Waals surface area contributed by atoms with Gasteiger partial charge in [-0.25, -0.2) is 9.37 Å². The van der Waals surface area contributed by atoms with E-state index >= 15 is 0 Å². The molecule has 0 aliphatic carbocycles. The smallest absolute Gasteiger partial charge is 0.170 e. The largest absolute Gasteiger partial charge is 0.298 e. The van der Waals surface area contributed by atoms with Crippen molar-refractivity contribution in [1.82, 2.24) is 9.38 Å². The van der Waals surface area contributed by atoms with E-state index in [1.165, 1.54) is 12.1 Å². The zero-order valence-corrected chi connectivity index (χ0v) is 11.3. The van der Waals surface area contributed by atoms with Crippen molar-refractivity contribution < 1.29 is 9.18 Å². The van der Waals surface area contributed by atoms with Gasteiger partial charge in [0.25, 0.3) is 0 Å². The number of nitrogens with zero attached hydrogens (tertiary/aromatic N) is 2. The highest BCUT2D eigenvalue weighted by Gasteiger charge is 2.12. The van der Waals surface area contributed by atoms with Crippen LogP contribution in [0.25, 0.3) is 16.9 Å². The van der Waals surface area contributed by atoms with Crippen LogP contribution in [-0.2, 0) is 0 Å². The topological polar surface area (TPSA) is 34.4 Å². The number of rotatable bonds is 2. The molecular formula is C14H8BrFN2O. The van der Waals surface area contributed by atoms with E-state index in [0.717, 1.165) is 4.47 Å². The summed E-state index contributed by atoms with van der Waals surface area (Å²) in [6.45, 7) is 0. The second-order valence-corrected chi connectivity index (χ2v) is 4.97. The SMILES string of the molecule is O=Cc1nc(-c2cccc(F)c2)n2cc(Br)ccc12. The molecule has 0 radical (unpaired) electrons. The van der Waals surface area contributed by atoms with Crippen molar-refractivity contribution >= 4 is 27.7 Å². The molecule has 3 rings (SSSR count). The highest BCUT2D eigenvalue weighted by Crippen LogP contribution is 2.24. The van der Waals surface area contributed by atoms with Gasteiger partial charge >= 0.3 is 0 Å². The molecule has 0 fully saturated rings. The molecule has 3 nitrogen and oxygen atoms in total. The monoisotopic (exact) mass is 318 g/mol. The van der Waals surface area contributed by atoms with Crippen LogP contribution in [0.3, 0.4) is 0 Å². The molecule has 0 aliphatic rings. The van der Waals surface area contributed by atoms with Crippen LogP contribution in [0.15, 0.2) is 47.1 Å². The third kappa shape index (κ3) is 2.06. The Labute approximate surface area is 116 Å². The van der Waals surface area contributed by atoms with Crippen molar-refractivity contribution in [3.63, 3.8) is 0 Å². The van der Waals surface area contributed by atoms with Crippen LogP contribution in [-0.4, -0.2) is 15.7 Å². The predicted molar refractivity (Wildman–Crippen MR) is 73.7 cm³/mol. The van der Waals surface area contributed by atoms with E-state index < -0.39 is 0 Å². The summed E-state index contributed by atoms with van der Waals surface area (Å²) in [5.74, 6) is 0.204. The van der Waals surface area contributed by atoms with E-state index in [1.54, 1.807) is 28.8 Å². The van der Waals surface area contributed by atoms with Gasteiger partial charge in [0.05, 0.1) is 5.52 Å². The first kappa shape index (κ1) is 12.0. The van der Waals surface area contributed by atoms with E-state index in [2.05, 4.69) is 20.9 Å². The van der Waals surface area contributed by atoms with Crippen LogP contribution in [0.4, 0.5) is 4.39 Å². The first-order valence-corrected chi connectivity index (χ1v) is 6.37. The molecule has 0 saturated carbocycles. The Morgan fingerprint density at radius 2 is 2.11 bits per heavy atom. The number of pyridine rings is 1. The lowest BCUT2D eigenvalue weighted by atomic mass is 10.2. The van der Waals surface area contributed by atoms with Gasteiger partial charge in [-0.2, -0.15) is 0 Å². The highest BCUT2D eigenvalue weighted by atomic mass is 79.9. The number of carbonyl (C=O) groups excluding carboxylic acids is 1. The van der Waals surface area contributed by atoms with Gasteiger partial charge in [-0.1, -0.05) is 12.1 Å². The lowest BCUT2D eigenvalue weighted by molar-refractivity contribution is 0.112. The maximum Gasteiger partial charge on any atom is 0.170 e. The second kappa shape index (κ2) is 4.59. The van der Waals surface area contributed by atoms with E-state index in [9.17, 15) is 9.18 Å². The molecule has 1 aromatic carbocycles. The van der Waals surface area contributed by atoms with Gasteiger partial charge in [0.2, 0.25) is 0 Å². The van der Waals surface area contributed by atoms with E-state index in [4.69, 9.17) is 0 Å². The van der Waals surface area contributed by atoms with Crippen LogP contribution in [0.2, 0.25) is 0 Å². The fraction of sp³-hybridized carbons (Fsp3) is 0. The minimum absolute atomic E-state index is 0.336. The molecule has 2 heterocycles. The zero-order valence-electron chi connectivity index (χ0n) is 9.68. The van der Waals surface area contributed by atoms with Gasteiger partial charge in [0, 0.05) is 16.2 Å². The minimum atomic E-state index is -0.336. The first-order chi connectivity index (χ1) is 9.19. The van der Waals surface area contributed by atoms with E-state index in [-0.39, 0.29) is 5.82 Å². The summed E-state index contributed by atoms with van der Waals surface area (Å²) in [7, 11) is 0. The number of carbonyl (C=O) groups is 1. The highest BCUT2D eigenvalue weighted by molar-refractivity contribution is 9.10. The second-order valence-electron chi connectivity index (χ2n) is 4.05. The van der Waals surface area contributed by atoms with Gasteiger partial charge < -0.3 is 0 Å². The lowest BCUT2D eigenvalue weighted by Crippen LogP contribution is -1.89. The summed E-state index contributed by atoms with van der Waals surface area (Å²) in [5.41, 5.74) is 1.66. The number of aldehydes is 1. The van der Waals surface area contributed by atoms with Gasteiger partial charge in [-0.05, 0) is 40.2 Å². The number of hydrogen-bond acceptors (Lipinski definition) is 2. The predicted octanol–water partition coefficient (Wildman–Crippen LogP) is 3.72. The molecule has 0 N–H and O–H groups in total. The molecule has 0 aliphatic heterocycles. The standard InChI is InChI=1S/C14H8BrFN2O/c15-10-4-5-13-12(8-19)17-14(18(13)7-10)9-2-1-3-11(16)6-9/h1-8H. The maximum atomic E-state index is 13.3. The third-order valence-electron chi connectivity index (χ3n) is 2.82. The van der Waals surface area contributed by atoms with Crippen molar-refractivity contribution in [2.45, 2.75) is 0 Å². The molecular weight excluding hydrogens is 311 g/mol. The fourth-order valence-corrected chi connectivity index (χ4v) is 2.34. The summed E-state index contributed by atoms with van der Waals surface area (Å²) in [4.78, 5) is 15.3. The number of benzene rings is 1. The molecule has 3 aromatic rings. The average Bonchev–Trinajstić information content (AvgIpc) is 2.76. The lowest BCUT2D eigenvalue weighted by Gasteiger charge is -2.02. The van der Waals surface area contributed by atoms with Crippen molar-refractivity contribution in [2.75, 3.05) is 0 Å². The molecule has 5 heteroatoms. The molecule has 0 unspecified atom stereocenters. The summed E-state index contributed by atoms with van der Waals surface area (Å²) in [6.07, 6.45) is 2.50. The number of fused-ring (bicyclic) bond motifs is 1. The Morgan fingerprint density at radius 3 is 2.84 bits per heavy atom. The summed E-state index contributed by atoms with van der Waals surface area (Å²) in [6, 6.07) is 9.76. The quantitative estimate of drug-likeness (QED) is 0.675. The number of hydrogen-bond donors (Lipinski definition) is 0. The van der Waals surface area contributed by atoms with Gasteiger partial charge in [-0.3, -0.25) is 9.20 Å². The van der Waals surface area contributed by atoms with Crippen LogP contribution in [0.5, 0.6) is 0 Å². The van der Waals surface area contributed by atoms with Crippen molar-refractivity contribution in [2.24, 2.45) is 0 Å². The maximum absolute atomic E-state index is 13.3. The molecule has 0 spiro atoms. The molecule has 0 bridgehead atoms. The summed E-state index contributed by atoms with van der Waals surface area (Å²) >= 11 is 3.37. The van der Waals surface area contributed by atoms with Crippen LogP contribution in [0, 0.1) is 5.82 Å². The molecule has 0 saturated heterocycles. The molecule has 2 aromatic heterocycles.